The number of likely N-dealkylation sites (tertiary alicyclic amines) is 1. The summed E-state index contributed by atoms with van der Waals surface area (Å²) >= 11 is 0. The summed E-state index contributed by atoms with van der Waals surface area (Å²) in [6.07, 6.45) is 8.13. The van der Waals surface area contributed by atoms with Crippen LogP contribution in [-0.2, 0) is 17.6 Å². The van der Waals surface area contributed by atoms with E-state index < -0.39 is 6.10 Å². The average molecular weight is 363 g/mol. The summed E-state index contributed by atoms with van der Waals surface area (Å²) in [6, 6.07) is 12.2. The lowest BCUT2D eigenvalue weighted by atomic mass is 9.97. The Kier molecular flexibility index (Phi) is 5.21. The Morgan fingerprint density at radius 3 is 2.85 bits per heavy atom. The number of rotatable bonds is 6. The third-order valence-corrected chi connectivity index (χ3v) is 5.52. The first-order valence-corrected chi connectivity index (χ1v) is 9.60. The molecule has 1 aromatic carbocycles. The van der Waals surface area contributed by atoms with Crippen molar-refractivity contribution >= 4 is 16.8 Å². The summed E-state index contributed by atoms with van der Waals surface area (Å²) < 4.78 is 0. The highest BCUT2D eigenvalue weighted by molar-refractivity contribution is 5.83. The van der Waals surface area contributed by atoms with Crippen molar-refractivity contribution in [2.45, 2.75) is 31.8 Å². The highest BCUT2D eigenvalue weighted by Gasteiger charge is 2.33. The second-order valence-electron chi connectivity index (χ2n) is 7.40. The second-order valence-corrected chi connectivity index (χ2v) is 7.40. The first kappa shape index (κ1) is 17.7. The lowest BCUT2D eigenvalue weighted by Crippen LogP contribution is -2.29. The van der Waals surface area contributed by atoms with Crippen molar-refractivity contribution in [2.24, 2.45) is 5.92 Å². The van der Waals surface area contributed by atoms with Gasteiger partial charge in [-0.25, -0.2) is 0 Å². The van der Waals surface area contributed by atoms with Gasteiger partial charge in [-0.3, -0.25) is 9.78 Å². The summed E-state index contributed by atoms with van der Waals surface area (Å²) in [7, 11) is 0. The molecule has 1 aliphatic heterocycles. The van der Waals surface area contributed by atoms with Crippen LogP contribution in [-0.4, -0.2) is 45.1 Å². The Hall–Kier alpha value is -2.66. The zero-order chi connectivity index (χ0) is 18.6. The summed E-state index contributed by atoms with van der Waals surface area (Å²) in [5.74, 6) is 0.246. The lowest BCUT2D eigenvalue weighted by Gasteiger charge is -2.16. The fraction of sp³-hybridized carbons (Fsp3) is 0.364. The van der Waals surface area contributed by atoms with E-state index in [2.05, 4.69) is 22.1 Å². The molecule has 2 unspecified atom stereocenters. The predicted octanol–water partition coefficient (Wildman–Crippen LogP) is 2.95. The monoisotopic (exact) mass is 363 g/mol. The molecule has 1 amide bonds. The molecular weight excluding hydrogens is 338 g/mol. The Morgan fingerprint density at radius 1 is 1.19 bits per heavy atom. The van der Waals surface area contributed by atoms with Gasteiger partial charge in [0.25, 0.3) is 0 Å². The van der Waals surface area contributed by atoms with Crippen LogP contribution in [0.2, 0.25) is 0 Å². The number of aliphatic hydroxyl groups is 1. The third-order valence-electron chi connectivity index (χ3n) is 5.52. The van der Waals surface area contributed by atoms with Gasteiger partial charge in [-0.2, -0.15) is 0 Å². The maximum Gasteiger partial charge on any atom is 0.222 e. The zero-order valence-electron chi connectivity index (χ0n) is 15.3. The molecule has 27 heavy (non-hydrogen) atoms. The molecule has 0 bridgehead atoms. The summed E-state index contributed by atoms with van der Waals surface area (Å²) in [4.78, 5) is 21.7. The number of aliphatic hydroxyl groups excluding tert-OH is 1. The normalized spacial score (nSPS) is 19.7. The van der Waals surface area contributed by atoms with E-state index in [1.807, 2.05) is 35.4 Å². The van der Waals surface area contributed by atoms with Crippen molar-refractivity contribution < 1.29 is 9.90 Å². The Bertz CT molecular complexity index is 906. The Labute approximate surface area is 159 Å². The number of nitrogens with one attached hydrogen (secondary N) is 1. The van der Waals surface area contributed by atoms with Gasteiger partial charge in [0.15, 0.2) is 0 Å². The van der Waals surface area contributed by atoms with Crippen LogP contribution in [0.25, 0.3) is 10.9 Å². The summed E-state index contributed by atoms with van der Waals surface area (Å²) in [5.41, 5.74) is 3.55. The standard InChI is InChI=1S/C22H25N3O2/c26-21-15-25(14-18(21)12-16-8-10-23-11-9-16)22(27)7-3-4-17-13-24-20-6-2-1-5-19(17)20/h1-2,5-6,8-11,13,18,21,24,26H,3-4,7,12,14-15H2. The van der Waals surface area contributed by atoms with Gasteiger partial charge in [-0.15, -0.1) is 0 Å². The molecule has 1 saturated heterocycles. The van der Waals surface area contributed by atoms with Crippen LogP contribution in [0.5, 0.6) is 0 Å². The number of nitrogens with zero attached hydrogens (tertiary/aromatic N) is 2. The smallest absolute Gasteiger partial charge is 0.222 e. The SMILES string of the molecule is O=C(CCCc1c[nH]c2ccccc12)N1CC(O)C(Cc2ccncc2)C1. The summed E-state index contributed by atoms with van der Waals surface area (Å²) in [5, 5.41) is 11.6. The van der Waals surface area contributed by atoms with Gasteiger partial charge in [0, 0.05) is 54.9 Å². The fourth-order valence-corrected chi connectivity index (χ4v) is 4.01. The Balaban J connectivity index is 1.28. The van der Waals surface area contributed by atoms with Crippen molar-refractivity contribution in [3.8, 4) is 0 Å². The van der Waals surface area contributed by atoms with Crippen molar-refractivity contribution in [1.29, 1.82) is 0 Å². The lowest BCUT2D eigenvalue weighted by molar-refractivity contribution is -0.130. The zero-order valence-corrected chi connectivity index (χ0v) is 15.3. The fourth-order valence-electron chi connectivity index (χ4n) is 4.01. The van der Waals surface area contributed by atoms with Crippen molar-refractivity contribution in [3.63, 3.8) is 0 Å². The summed E-state index contributed by atoms with van der Waals surface area (Å²) in [6.45, 7) is 1.08. The van der Waals surface area contributed by atoms with Gasteiger partial charge in [-0.1, -0.05) is 18.2 Å². The van der Waals surface area contributed by atoms with Crippen LogP contribution in [0.4, 0.5) is 0 Å². The van der Waals surface area contributed by atoms with Gasteiger partial charge >= 0.3 is 0 Å². The van der Waals surface area contributed by atoms with E-state index in [1.54, 1.807) is 12.4 Å². The molecule has 0 radical (unpaired) electrons. The molecule has 2 atom stereocenters. The second kappa shape index (κ2) is 7.92. The molecule has 0 aliphatic carbocycles. The predicted molar refractivity (Wildman–Crippen MR) is 105 cm³/mol. The number of β-amino-alcohol motifs (C(OH)–C–C–N with tert-alkyl or cyclic N) is 1. The minimum Gasteiger partial charge on any atom is -0.391 e. The van der Waals surface area contributed by atoms with Crippen LogP contribution < -0.4 is 0 Å². The van der Waals surface area contributed by atoms with Gasteiger partial charge in [0.1, 0.15) is 0 Å². The van der Waals surface area contributed by atoms with E-state index >= 15 is 0 Å². The maximum atomic E-state index is 12.6. The largest absolute Gasteiger partial charge is 0.391 e. The topological polar surface area (TPSA) is 69.2 Å². The van der Waals surface area contributed by atoms with Crippen molar-refractivity contribution in [1.82, 2.24) is 14.9 Å². The van der Waals surface area contributed by atoms with Crippen LogP contribution in [0.3, 0.4) is 0 Å². The number of amides is 1. The van der Waals surface area contributed by atoms with Crippen LogP contribution >= 0.6 is 0 Å². The van der Waals surface area contributed by atoms with Crippen LogP contribution in [0, 0.1) is 5.92 Å². The molecule has 1 fully saturated rings. The average Bonchev–Trinajstić information content (AvgIpc) is 3.27. The molecule has 3 aromatic rings. The first-order chi connectivity index (χ1) is 13.2. The number of aromatic amines is 1. The van der Waals surface area contributed by atoms with E-state index in [1.165, 1.54) is 10.9 Å². The molecule has 2 N–H and O–H groups in total. The van der Waals surface area contributed by atoms with E-state index in [0.717, 1.165) is 30.3 Å². The number of pyridine rings is 1. The van der Waals surface area contributed by atoms with E-state index in [9.17, 15) is 9.90 Å². The van der Waals surface area contributed by atoms with Gasteiger partial charge in [-0.05, 0) is 48.6 Å². The van der Waals surface area contributed by atoms with Crippen LogP contribution in [0.15, 0.2) is 55.0 Å². The maximum absolute atomic E-state index is 12.6. The number of carbonyl (C=O) groups is 1. The van der Waals surface area contributed by atoms with E-state index in [-0.39, 0.29) is 11.8 Å². The van der Waals surface area contributed by atoms with Gasteiger partial charge < -0.3 is 15.0 Å². The molecule has 3 heterocycles. The number of aryl methyl sites for hydroxylation is 1. The molecule has 5 heteroatoms. The molecule has 4 rings (SSSR count). The van der Waals surface area contributed by atoms with Crippen molar-refractivity contribution in [3.05, 3.63) is 66.1 Å². The van der Waals surface area contributed by atoms with Gasteiger partial charge in [0.2, 0.25) is 5.91 Å². The quantitative estimate of drug-likeness (QED) is 0.707. The number of hydrogen-bond donors (Lipinski definition) is 2. The number of carbonyl (C=O) groups excluding carboxylic acids is 1. The minimum absolute atomic E-state index is 0.102. The van der Waals surface area contributed by atoms with E-state index in [4.69, 9.17) is 0 Å². The molecular formula is C22H25N3O2. The molecule has 2 aromatic heterocycles. The number of H-pyrrole nitrogens is 1. The number of fused-ring (bicyclic) bond motifs is 1. The molecule has 0 saturated carbocycles. The van der Waals surface area contributed by atoms with Gasteiger partial charge in [0.05, 0.1) is 6.10 Å². The highest BCUT2D eigenvalue weighted by atomic mass is 16.3. The number of benzene rings is 1. The molecule has 0 spiro atoms. The first-order valence-electron chi connectivity index (χ1n) is 9.60. The van der Waals surface area contributed by atoms with Crippen molar-refractivity contribution in [2.75, 3.05) is 13.1 Å². The van der Waals surface area contributed by atoms with Crippen LogP contribution in [0.1, 0.15) is 24.0 Å². The molecule has 5 nitrogen and oxygen atoms in total. The molecule has 140 valence electrons. The Morgan fingerprint density at radius 2 is 2.00 bits per heavy atom. The third kappa shape index (κ3) is 4.03. The number of hydrogen-bond acceptors (Lipinski definition) is 3. The highest BCUT2D eigenvalue weighted by Crippen LogP contribution is 2.23. The minimum atomic E-state index is -0.448. The van der Waals surface area contributed by atoms with E-state index in [0.29, 0.717) is 19.5 Å². The number of aromatic nitrogens is 2. The number of para-hydroxylation sites is 1. The molecule has 1 aliphatic rings.